The zero-order valence-corrected chi connectivity index (χ0v) is 27.2. The first kappa shape index (κ1) is 32.1. The largest absolute Gasteiger partial charge is 0.354 e. The standard InChI is InChI=1S/C35H42ClFN8O/c1-22(38)6-5-7-23-16-28(33(37)29(36)17-23)31-18-25-21-45(35(46)43-34(25)42-31)27-12-10-24(11-13-27)30-9-4-3-8-26(41-30)19-39-20-32-40-14-15-44(32)2/h10-18,21-22,26,30,39,41H,3-9,19-20,38H2,1-2H3,(H,42,43,46)/t22-,26-,30-/m0/s1. The fourth-order valence-corrected chi connectivity index (χ4v) is 6.59. The normalized spacial score (nSPS) is 17.8. The van der Waals surface area contributed by atoms with Gasteiger partial charge in [-0.15, -0.1) is 0 Å². The van der Waals surface area contributed by atoms with Gasteiger partial charge in [-0.2, -0.15) is 4.98 Å². The first-order valence-corrected chi connectivity index (χ1v) is 16.5. The summed E-state index contributed by atoms with van der Waals surface area (Å²) in [6, 6.07) is 14.1. The van der Waals surface area contributed by atoms with Crippen molar-refractivity contribution in [3.05, 3.63) is 99.3 Å². The molecule has 3 aromatic heterocycles. The van der Waals surface area contributed by atoms with E-state index >= 15 is 4.39 Å². The van der Waals surface area contributed by atoms with Gasteiger partial charge in [-0.1, -0.05) is 36.6 Å². The summed E-state index contributed by atoms with van der Waals surface area (Å²) in [6.45, 7) is 3.58. The molecule has 5 aromatic rings. The second-order valence-electron chi connectivity index (χ2n) is 12.6. The third-order valence-electron chi connectivity index (χ3n) is 8.91. The number of H-pyrrole nitrogens is 1. The number of nitrogens with zero attached hydrogens (tertiary/aromatic N) is 4. The molecule has 2 aromatic carbocycles. The van der Waals surface area contributed by atoms with Crippen LogP contribution >= 0.6 is 11.6 Å². The molecule has 9 nitrogen and oxygen atoms in total. The van der Waals surface area contributed by atoms with E-state index in [0.29, 0.717) is 28.3 Å². The number of hydrogen-bond donors (Lipinski definition) is 4. The van der Waals surface area contributed by atoms with Gasteiger partial charge in [0.1, 0.15) is 11.5 Å². The lowest BCUT2D eigenvalue weighted by atomic mass is 10.0. The average Bonchev–Trinajstić information content (AvgIpc) is 3.55. The van der Waals surface area contributed by atoms with Crippen LogP contribution in [-0.2, 0) is 20.0 Å². The fourth-order valence-electron chi connectivity index (χ4n) is 6.34. The predicted molar refractivity (Wildman–Crippen MR) is 182 cm³/mol. The molecule has 0 aliphatic carbocycles. The van der Waals surface area contributed by atoms with Crippen LogP contribution in [0.3, 0.4) is 0 Å². The number of benzene rings is 2. The van der Waals surface area contributed by atoms with E-state index in [0.717, 1.165) is 68.7 Å². The number of fused-ring (bicyclic) bond motifs is 1. The van der Waals surface area contributed by atoms with Crippen LogP contribution in [0.4, 0.5) is 4.39 Å². The van der Waals surface area contributed by atoms with Crippen molar-refractivity contribution in [2.24, 2.45) is 12.8 Å². The summed E-state index contributed by atoms with van der Waals surface area (Å²) in [5, 5.41) is 8.17. The molecule has 0 bridgehead atoms. The Morgan fingerprint density at radius 2 is 1.98 bits per heavy atom. The molecule has 4 heterocycles. The van der Waals surface area contributed by atoms with Crippen LogP contribution in [0.1, 0.15) is 68.4 Å². The monoisotopic (exact) mass is 644 g/mol. The van der Waals surface area contributed by atoms with Crippen molar-refractivity contribution in [3.8, 4) is 16.9 Å². The van der Waals surface area contributed by atoms with Crippen molar-refractivity contribution in [1.82, 2.24) is 34.7 Å². The summed E-state index contributed by atoms with van der Waals surface area (Å²) >= 11 is 6.28. The number of rotatable bonds is 11. The van der Waals surface area contributed by atoms with Gasteiger partial charge in [0.2, 0.25) is 0 Å². The lowest BCUT2D eigenvalue weighted by molar-refractivity contribution is 0.414. The second-order valence-corrected chi connectivity index (χ2v) is 13.0. The van der Waals surface area contributed by atoms with Gasteiger partial charge in [-0.05, 0) is 80.5 Å². The molecule has 242 valence electrons. The lowest BCUT2D eigenvalue weighted by Gasteiger charge is -2.23. The minimum atomic E-state index is -0.506. The average molecular weight is 645 g/mol. The van der Waals surface area contributed by atoms with Crippen molar-refractivity contribution in [2.75, 3.05) is 6.54 Å². The number of nitrogens with one attached hydrogen (secondary N) is 3. The topological polar surface area (TPSA) is 119 Å². The number of aromatic nitrogens is 5. The maximum atomic E-state index is 15.2. The first-order valence-electron chi connectivity index (χ1n) is 16.1. The van der Waals surface area contributed by atoms with Gasteiger partial charge in [0.25, 0.3) is 0 Å². The van der Waals surface area contributed by atoms with E-state index in [1.54, 1.807) is 18.3 Å². The molecule has 0 radical (unpaired) electrons. The summed E-state index contributed by atoms with van der Waals surface area (Å²) in [7, 11) is 2.01. The zero-order chi connectivity index (χ0) is 32.2. The Morgan fingerprint density at radius 1 is 1.17 bits per heavy atom. The van der Waals surface area contributed by atoms with Gasteiger partial charge in [-0.3, -0.25) is 4.57 Å². The van der Waals surface area contributed by atoms with E-state index in [-0.39, 0.29) is 17.1 Å². The number of aromatic amines is 1. The van der Waals surface area contributed by atoms with Crippen molar-refractivity contribution in [3.63, 3.8) is 0 Å². The Kier molecular flexibility index (Phi) is 9.98. The van der Waals surface area contributed by atoms with Crippen LogP contribution in [0, 0.1) is 5.82 Å². The summed E-state index contributed by atoms with van der Waals surface area (Å²) in [6.07, 6.45) is 12.6. The number of halogens is 2. The molecule has 1 saturated heterocycles. The third kappa shape index (κ3) is 7.41. The second kappa shape index (κ2) is 14.3. The molecule has 1 aliphatic rings. The van der Waals surface area contributed by atoms with Crippen LogP contribution in [0.25, 0.3) is 28.0 Å². The quantitative estimate of drug-likeness (QED) is 0.141. The highest BCUT2D eigenvalue weighted by Gasteiger charge is 2.21. The van der Waals surface area contributed by atoms with Crippen molar-refractivity contribution in [2.45, 2.75) is 76.5 Å². The van der Waals surface area contributed by atoms with Crippen LogP contribution < -0.4 is 22.1 Å². The highest BCUT2D eigenvalue weighted by atomic mass is 35.5. The highest BCUT2D eigenvalue weighted by molar-refractivity contribution is 6.31. The Hall–Kier alpha value is -3.83. The van der Waals surface area contributed by atoms with E-state index < -0.39 is 11.5 Å². The van der Waals surface area contributed by atoms with Crippen LogP contribution in [0.2, 0.25) is 5.02 Å². The summed E-state index contributed by atoms with van der Waals surface area (Å²) in [5.74, 6) is 0.516. The Morgan fingerprint density at radius 3 is 2.74 bits per heavy atom. The number of nitrogens with two attached hydrogens (primary N) is 1. The molecule has 1 fully saturated rings. The maximum absolute atomic E-state index is 15.2. The predicted octanol–water partition coefficient (Wildman–Crippen LogP) is 5.94. The Labute approximate surface area is 273 Å². The molecule has 11 heteroatoms. The van der Waals surface area contributed by atoms with Crippen LogP contribution in [0.5, 0.6) is 0 Å². The van der Waals surface area contributed by atoms with E-state index in [1.165, 1.54) is 16.6 Å². The molecule has 5 N–H and O–H groups in total. The van der Waals surface area contributed by atoms with Crippen molar-refractivity contribution >= 4 is 22.6 Å². The molecule has 0 saturated carbocycles. The van der Waals surface area contributed by atoms with E-state index in [2.05, 4.69) is 37.7 Å². The minimum absolute atomic E-state index is 0.0646. The van der Waals surface area contributed by atoms with E-state index in [9.17, 15) is 4.79 Å². The fraction of sp³-hybridized carbons (Fsp3) is 0.400. The Balaban J connectivity index is 1.17. The zero-order valence-electron chi connectivity index (χ0n) is 26.4. The molecule has 0 amide bonds. The number of hydrogen-bond acceptors (Lipinski definition) is 6. The van der Waals surface area contributed by atoms with Gasteiger partial charge < -0.3 is 25.9 Å². The molecule has 3 atom stereocenters. The van der Waals surface area contributed by atoms with E-state index in [4.69, 9.17) is 17.3 Å². The molecular weight excluding hydrogens is 603 g/mol. The number of aryl methyl sites for hydroxylation is 2. The van der Waals surface area contributed by atoms with Crippen molar-refractivity contribution < 1.29 is 4.39 Å². The first-order chi connectivity index (χ1) is 22.2. The Bertz CT molecular complexity index is 1840. The minimum Gasteiger partial charge on any atom is -0.339 e. The van der Waals surface area contributed by atoms with Gasteiger partial charge in [0, 0.05) is 61.3 Å². The summed E-state index contributed by atoms with van der Waals surface area (Å²) in [5.41, 5.74) is 9.60. The smallest absolute Gasteiger partial charge is 0.339 e. The SMILES string of the molecule is C[C@H](N)CCCc1cc(Cl)c(F)c(-c2cc3cn(-c4ccc([C@@H]5CCCC[C@@H](CNCc6nccn6C)N5)cc4)c(=O)nc3[nH]2)c1. The molecule has 46 heavy (non-hydrogen) atoms. The molecule has 0 spiro atoms. The van der Waals surface area contributed by atoms with Gasteiger partial charge in [-0.25, -0.2) is 14.2 Å². The van der Waals surface area contributed by atoms with Gasteiger partial charge in [0.05, 0.1) is 22.9 Å². The lowest BCUT2D eigenvalue weighted by Crippen LogP contribution is -2.39. The molecular formula is C35H42ClFN8O. The van der Waals surface area contributed by atoms with Gasteiger partial charge in [0.15, 0.2) is 5.82 Å². The number of imidazole rings is 1. The third-order valence-corrected chi connectivity index (χ3v) is 9.19. The van der Waals surface area contributed by atoms with Crippen LogP contribution in [0.15, 0.2) is 65.8 Å². The maximum Gasteiger partial charge on any atom is 0.354 e. The molecule has 1 aliphatic heterocycles. The summed E-state index contributed by atoms with van der Waals surface area (Å²) in [4.78, 5) is 24.9. The van der Waals surface area contributed by atoms with Crippen LogP contribution in [-0.4, -0.2) is 42.7 Å². The van der Waals surface area contributed by atoms with Crippen molar-refractivity contribution in [1.29, 1.82) is 0 Å². The highest BCUT2D eigenvalue weighted by Crippen LogP contribution is 2.32. The van der Waals surface area contributed by atoms with Gasteiger partial charge >= 0.3 is 5.69 Å². The molecule has 6 rings (SSSR count). The van der Waals surface area contributed by atoms with E-state index in [1.807, 2.05) is 49.1 Å². The molecule has 0 unspecified atom stereocenters. The summed E-state index contributed by atoms with van der Waals surface area (Å²) < 4.78 is 18.7.